The fourth-order valence-electron chi connectivity index (χ4n) is 4.30. The van der Waals surface area contributed by atoms with E-state index in [1.165, 1.54) is 21.7 Å². The maximum Gasteiger partial charge on any atom is 0.253 e. The van der Waals surface area contributed by atoms with Crippen molar-refractivity contribution < 1.29 is 21.6 Å². The molecule has 0 aliphatic carbocycles. The fourth-order valence-corrected chi connectivity index (χ4v) is 8.83. The predicted molar refractivity (Wildman–Crippen MR) is 151 cm³/mol. The molecule has 1 fully saturated rings. The summed E-state index contributed by atoms with van der Waals surface area (Å²) in [5.74, 6) is -0.304. The van der Waals surface area contributed by atoms with Gasteiger partial charge in [0.25, 0.3) is 10.0 Å². The van der Waals surface area contributed by atoms with Crippen molar-refractivity contribution in [3.05, 3.63) is 35.7 Å². The van der Waals surface area contributed by atoms with E-state index in [1.54, 1.807) is 34.5 Å². The van der Waals surface area contributed by atoms with Crippen LogP contribution in [0.25, 0.3) is 10.2 Å². The molecule has 204 valence electrons. The van der Waals surface area contributed by atoms with Gasteiger partial charge in [0, 0.05) is 25.9 Å². The van der Waals surface area contributed by atoms with Crippen LogP contribution in [0, 0.1) is 0 Å². The molecule has 1 aliphatic rings. The van der Waals surface area contributed by atoms with E-state index in [-0.39, 0.29) is 34.0 Å². The summed E-state index contributed by atoms with van der Waals surface area (Å²) in [7, 11) is -7.17. The lowest BCUT2D eigenvalue weighted by Gasteiger charge is -2.29. The lowest BCUT2D eigenvalue weighted by atomic mass is 10.2. The minimum atomic E-state index is -3.78. The zero-order valence-electron chi connectivity index (χ0n) is 20.9. The van der Waals surface area contributed by atoms with Crippen molar-refractivity contribution >= 4 is 76.2 Å². The van der Waals surface area contributed by atoms with E-state index in [0.29, 0.717) is 41.3 Å². The van der Waals surface area contributed by atoms with Crippen molar-refractivity contribution in [3.63, 3.8) is 0 Å². The van der Waals surface area contributed by atoms with E-state index in [4.69, 9.17) is 0 Å². The molecule has 9 nitrogen and oxygen atoms in total. The number of sulfone groups is 1. The number of thiazole rings is 1. The highest BCUT2D eigenvalue weighted by Crippen LogP contribution is 2.34. The number of nitrogens with zero attached hydrogens (tertiary/aromatic N) is 4. The number of aromatic nitrogens is 1. The minimum Gasteiger partial charge on any atom is -0.302 e. The number of rotatable bonds is 10. The smallest absolute Gasteiger partial charge is 0.253 e. The first-order valence-electron chi connectivity index (χ1n) is 11.8. The van der Waals surface area contributed by atoms with Gasteiger partial charge in [-0.1, -0.05) is 31.3 Å². The Kier molecular flexibility index (Phi) is 9.76. The number of fused-ring (bicyclic) bond motifs is 1. The molecule has 4 rings (SSSR count). The quantitative estimate of drug-likeness (QED) is 0.346. The molecule has 3 aromatic rings. The van der Waals surface area contributed by atoms with Crippen LogP contribution in [0.3, 0.4) is 0 Å². The van der Waals surface area contributed by atoms with Gasteiger partial charge in [-0.3, -0.25) is 9.69 Å². The van der Waals surface area contributed by atoms with E-state index < -0.39 is 25.9 Å². The van der Waals surface area contributed by atoms with Crippen LogP contribution in [0.2, 0.25) is 0 Å². The number of amides is 1. The molecule has 1 aromatic carbocycles. The Morgan fingerprint density at radius 3 is 2.49 bits per heavy atom. The number of sulfonamides is 1. The third kappa shape index (κ3) is 6.35. The van der Waals surface area contributed by atoms with Crippen molar-refractivity contribution in [1.82, 2.24) is 14.2 Å². The van der Waals surface area contributed by atoms with Gasteiger partial charge in [0.05, 0.1) is 15.1 Å². The third-order valence-electron chi connectivity index (χ3n) is 6.35. The summed E-state index contributed by atoms with van der Waals surface area (Å²) in [6.07, 6.45) is 2.19. The van der Waals surface area contributed by atoms with Crippen molar-refractivity contribution in [1.29, 1.82) is 0 Å². The second-order valence-electron chi connectivity index (χ2n) is 8.62. The Morgan fingerprint density at radius 2 is 1.86 bits per heavy atom. The highest BCUT2D eigenvalue weighted by Gasteiger charge is 2.42. The van der Waals surface area contributed by atoms with Crippen LogP contribution in [0.1, 0.15) is 26.7 Å². The molecule has 0 spiro atoms. The number of likely N-dealkylation sites (N-methyl/N-ethyl adjacent to an activating group) is 1. The molecule has 2 aromatic heterocycles. The number of hydrogen-bond donors (Lipinski definition) is 0. The van der Waals surface area contributed by atoms with Crippen LogP contribution in [0.15, 0.2) is 44.8 Å². The monoisotopic (exact) mass is 606 g/mol. The van der Waals surface area contributed by atoms with Gasteiger partial charge >= 0.3 is 0 Å². The molecule has 0 N–H and O–H groups in total. The molecule has 14 heteroatoms. The molecule has 0 radical (unpaired) electrons. The lowest BCUT2D eigenvalue weighted by molar-refractivity contribution is -0.121. The van der Waals surface area contributed by atoms with E-state index in [9.17, 15) is 21.6 Å². The Bertz CT molecular complexity index is 1440. The fraction of sp³-hybridized carbons (Fsp3) is 0.478. The first-order valence-corrected chi connectivity index (χ1v) is 16.8. The summed E-state index contributed by atoms with van der Waals surface area (Å²) in [4.78, 5) is 22.5. The molecule has 1 saturated heterocycles. The van der Waals surface area contributed by atoms with Crippen LogP contribution in [-0.2, 0) is 24.7 Å². The zero-order chi connectivity index (χ0) is 26.1. The molecule has 0 bridgehead atoms. The lowest BCUT2D eigenvalue weighted by Crippen LogP contribution is -2.49. The van der Waals surface area contributed by atoms with Gasteiger partial charge in [0.2, 0.25) is 5.91 Å². The van der Waals surface area contributed by atoms with Gasteiger partial charge in [-0.2, -0.15) is 4.31 Å². The Morgan fingerprint density at radius 1 is 1.14 bits per heavy atom. The van der Waals surface area contributed by atoms with Gasteiger partial charge < -0.3 is 4.90 Å². The first kappa shape index (κ1) is 29.9. The topological polar surface area (TPSA) is 108 Å². The molecule has 37 heavy (non-hydrogen) atoms. The molecule has 0 saturated carbocycles. The second-order valence-corrected chi connectivity index (χ2v) is 14.7. The molecular formula is C23H31ClN4O5S4. The van der Waals surface area contributed by atoms with Gasteiger partial charge in [0.1, 0.15) is 10.3 Å². The van der Waals surface area contributed by atoms with Crippen LogP contribution in [0.5, 0.6) is 0 Å². The number of carbonyl (C=O) groups excluding carboxylic acids is 1. The van der Waals surface area contributed by atoms with Gasteiger partial charge in [0.15, 0.2) is 15.0 Å². The molecule has 3 heterocycles. The van der Waals surface area contributed by atoms with Gasteiger partial charge in [-0.05, 0) is 55.6 Å². The van der Waals surface area contributed by atoms with Crippen molar-refractivity contribution in [2.75, 3.05) is 43.9 Å². The van der Waals surface area contributed by atoms with E-state index in [1.807, 2.05) is 13.8 Å². The summed E-state index contributed by atoms with van der Waals surface area (Å²) in [6.45, 7) is 6.98. The Labute approximate surface area is 232 Å². The van der Waals surface area contributed by atoms with Crippen LogP contribution < -0.4 is 4.90 Å². The maximum atomic E-state index is 13.9. The number of carbonyl (C=O) groups is 1. The van der Waals surface area contributed by atoms with E-state index in [0.717, 1.165) is 30.7 Å². The predicted octanol–water partition coefficient (Wildman–Crippen LogP) is 3.71. The highest BCUT2D eigenvalue weighted by molar-refractivity contribution is 7.91. The molecular weight excluding hydrogens is 576 g/mol. The maximum absolute atomic E-state index is 13.9. The number of hydrogen-bond acceptors (Lipinski definition) is 9. The molecule has 1 amide bonds. The molecule has 1 atom stereocenters. The zero-order valence-corrected chi connectivity index (χ0v) is 24.9. The van der Waals surface area contributed by atoms with Crippen LogP contribution in [0.4, 0.5) is 5.13 Å². The summed E-state index contributed by atoms with van der Waals surface area (Å²) in [6, 6.07) is 7.16. The minimum absolute atomic E-state index is 0. The van der Waals surface area contributed by atoms with Crippen molar-refractivity contribution in [2.45, 2.75) is 41.8 Å². The highest BCUT2D eigenvalue weighted by atomic mass is 35.5. The van der Waals surface area contributed by atoms with E-state index >= 15 is 0 Å². The van der Waals surface area contributed by atoms with Gasteiger partial charge in [-0.15, -0.1) is 23.7 Å². The Balaban J connectivity index is 0.00000380. The normalized spacial score (nSPS) is 16.8. The number of benzene rings is 1. The SMILES string of the molecule is CCN(CC)CCN(C(=O)C1CCCN1S(=O)(=O)c1cccs1)c1nc2ccc(S(C)(=O)=O)cc2s1.Cl. The standard InChI is InChI=1S/C23H30N4O5S4.ClH/c1-4-25(5-2)13-14-26(23-24-18-11-10-17(35(3,29)30)16-20(18)34-23)22(28)19-8-6-12-27(19)36(31,32)21-9-7-15-33-21;/h7,9-11,15-16,19H,4-6,8,12-14H2,1-3H3;1H. The summed E-state index contributed by atoms with van der Waals surface area (Å²) in [5, 5.41) is 2.15. The van der Waals surface area contributed by atoms with Crippen LogP contribution in [-0.4, -0.2) is 82.0 Å². The molecule has 1 aliphatic heterocycles. The second kappa shape index (κ2) is 12.1. The Hall–Kier alpha value is -1.61. The summed E-state index contributed by atoms with van der Waals surface area (Å²) < 4.78 is 52.8. The number of halogens is 1. The largest absolute Gasteiger partial charge is 0.302 e. The third-order valence-corrected chi connectivity index (χ3v) is 11.8. The summed E-state index contributed by atoms with van der Waals surface area (Å²) >= 11 is 2.38. The van der Waals surface area contributed by atoms with E-state index in [2.05, 4.69) is 9.88 Å². The van der Waals surface area contributed by atoms with Gasteiger partial charge in [-0.25, -0.2) is 21.8 Å². The van der Waals surface area contributed by atoms with Crippen molar-refractivity contribution in [2.24, 2.45) is 0 Å². The number of thiophene rings is 1. The van der Waals surface area contributed by atoms with Crippen molar-refractivity contribution in [3.8, 4) is 0 Å². The molecule has 1 unspecified atom stereocenters. The van der Waals surface area contributed by atoms with Crippen LogP contribution >= 0.6 is 35.1 Å². The number of anilines is 1. The first-order chi connectivity index (χ1) is 17.1. The average molecular weight is 607 g/mol. The average Bonchev–Trinajstić information content (AvgIpc) is 3.61. The summed E-state index contributed by atoms with van der Waals surface area (Å²) in [5.41, 5.74) is 0.595.